The van der Waals surface area contributed by atoms with Crippen LogP contribution in [0.25, 0.3) is 10.1 Å². The lowest BCUT2D eigenvalue weighted by Gasteiger charge is -2.04. The van der Waals surface area contributed by atoms with Crippen molar-refractivity contribution in [1.29, 1.82) is 0 Å². The van der Waals surface area contributed by atoms with E-state index in [1.807, 2.05) is 0 Å². The molecule has 0 saturated heterocycles. The molecule has 1 amide bonds. The molecule has 2 rings (SSSR count). The van der Waals surface area contributed by atoms with E-state index in [9.17, 15) is 9.18 Å². The first kappa shape index (κ1) is 11.4. The van der Waals surface area contributed by atoms with E-state index >= 15 is 0 Å². The van der Waals surface area contributed by atoms with Crippen molar-refractivity contribution in [2.24, 2.45) is 0 Å². The van der Waals surface area contributed by atoms with Gasteiger partial charge in [-0.15, -0.1) is 11.3 Å². The Morgan fingerprint density at radius 2 is 2.25 bits per heavy atom. The molecule has 0 unspecified atom stereocenters. The molecular formula is C11H10FNOS2. The lowest BCUT2D eigenvalue weighted by Crippen LogP contribution is -2.25. The highest BCUT2D eigenvalue weighted by molar-refractivity contribution is 7.80. The van der Waals surface area contributed by atoms with Crippen LogP contribution in [0.3, 0.4) is 0 Å². The summed E-state index contributed by atoms with van der Waals surface area (Å²) in [4.78, 5) is 11.8. The fraction of sp³-hybridized carbons (Fsp3) is 0.182. The van der Waals surface area contributed by atoms with Crippen molar-refractivity contribution in [2.45, 2.75) is 0 Å². The largest absolute Gasteiger partial charge is 0.351 e. The van der Waals surface area contributed by atoms with Crippen molar-refractivity contribution in [3.05, 3.63) is 35.0 Å². The van der Waals surface area contributed by atoms with E-state index in [1.54, 1.807) is 11.4 Å². The molecular weight excluding hydrogens is 245 g/mol. The number of fused-ring (bicyclic) bond motifs is 1. The molecule has 1 aromatic carbocycles. The Morgan fingerprint density at radius 1 is 1.44 bits per heavy atom. The maximum Gasteiger partial charge on any atom is 0.252 e. The Kier molecular flexibility index (Phi) is 3.46. The number of nitrogens with one attached hydrogen (secondary N) is 1. The van der Waals surface area contributed by atoms with E-state index in [4.69, 9.17) is 0 Å². The van der Waals surface area contributed by atoms with E-state index in [-0.39, 0.29) is 11.7 Å². The minimum Gasteiger partial charge on any atom is -0.351 e. The molecule has 0 saturated carbocycles. The number of carbonyl (C=O) groups is 1. The third kappa shape index (κ3) is 2.05. The second-order valence-corrected chi connectivity index (χ2v) is 4.60. The molecule has 0 aliphatic rings. The number of benzene rings is 1. The first-order valence-electron chi connectivity index (χ1n) is 4.79. The molecule has 2 nitrogen and oxygen atoms in total. The summed E-state index contributed by atoms with van der Waals surface area (Å²) in [5, 5.41) is 5.00. The molecule has 2 aromatic rings. The molecule has 1 N–H and O–H groups in total. The number of thiophene rings is 1. The molecule has 5 heteroatoms. The standard InChI is InChI=1S/C11H10FNOS2/c12-9-2-1-8(11(14)13-4-5-15)10-7(9)3-6-16-10/h1-3,6,15H,4-5H2,(H,13,14). The summed E-state index contributed by atoms with van der Waals surface area (Å²) in [6.45, 7) is 0.506. The zero-order valence-electron chi connectivity index (χ0n) is 8.37. The smallest absolute Gasteiger partial charge is 0.252 e. The van der Waals surface area contributed by atoms with E-state index in [2.05, 4.69) is 17.9 Å². The van der Waals surface area contributed by atoms with Gasteiger partial charge in [-0.2, -0.15) is 12.6 Å². The van der Waals surface area contributed by atoms with Crippen LogP contribution in [-0.2, 0) is 0 Å². The highest BCUT2D eigenvalue weighted by Gasteiger charge is 2.12. The van der Waals surface area contributed by atoms with E-state index in [0.717, 1.165) is 0 Å². The average Bonchev–Trinajstić information content (AvgIpc) is 2.76. The van der Waals surface area contributed by atoms with Crippen LogP contribution >= 0.6 is 24.0 Å². The first-order chi connectivity index (χ1) is 7.74. The molecule has 0 spiro atoms. The summed E-state index contributed by atoms with van der Waals surface area (Å²) in [6.07, 6.45) is 0. The number of hydrogen-bond donors (Lipinski definition) is 2. The number of carbonyl (C=O) groups excluding carboxylic acids is 1. The maximum atomic E-state index is 13.4. The van der Waals surface area contributed by atoms with Gasteiger partial charge < -0.3 is 5.32 Å². The van der Waals surface area contributed by atoms with Gasteiger partial charge in [0.05, 0.1) is 5.56 Å². The number of halogens is 1. The second kappa shape index (κ2) is 4.84. The van der Waals surface area contributed by atoms with Crippen LogP contribution in [0.4, 0.5) is 4.39 Å². The monoisotopic (exact) mass is 255 g/mol. The van der Waals surface area contributed by atoms with E-state index in [1.165, 1.54) is 23.5 Å². The maximum absolute atomic E-state index is 13.4. The van der Waals surface area contributed by atoms with Crippen LogP contribution in [0.2, 0.25) is 0 Å². The highest BCUT2D eigenvalue weighted by Crippen LogP contribution is 2.27. The number of rotatable bonds is 3. The predicted octanol–water partition coefficient (Wildman–Crippen LogP) is 2.70. The van der Waals surface area contributed by atoms with E-state index in [0.29, 0.717) is 27.9 Å². The van der Waals surface area contributed by atoms with Gasteiger partial charge >= 0.3 is 0 Å². The summed E-state index contributed by atoms with van der Waals surface area (Å²) < 4.78 is 14.1. The van der Waals surface area contributed by atoms with Crippen LogP contribution in [0.15, 0.2) is 23.6 Å². The minimum absolute atomic E-state index is 0.179. The summed E-state index contributed by atoms with van der Waals surface area (Å²) in [7, 11) is 0. The van der Waals surface area contributed by atoms with Crippen LogP contribution < -0.4 is 5.32 Å². The lowest BCUT2D eigenvalue weighted by atomic mass is 10.1. The van der Waals surface area contributed by atoms with Crippen molar-refractivity contribution < 1.29 is 9.18 Å². The fourth-order valence-electron chi connectivity index (χ4n) is 1.47. The summed E-state index contributed by atoms with van der Waals surface area (Å²) in [6, 6.07) is 4.53. The van der Waals surface area contributed by atoms with Crippen molar-refractivity contribution in [1.82, 2.24) is 5.32 Å². The van der Waals surface area contributed by atoms with Crippen LogP contribution in [-0.4, -0.2) is 18.2 Å². The number of amides is 1. The summed E-state index contributed by atoms with van der Waals surface area (Å²) in [5.74, 6) is 0.115. The fourth-order valence-corrected chi connectivity index (χ4v) is 2.50. The molecule has 0 radical (unpaired) electrons. The van der Waals surface area contributed by atoms with Gasteiger partial charge in [0.2, 0.25) is 0 Å². The first-order valence-corrected chi connectivity index (χ1v) is 6.30. The van der Waals surface area contributed by atoms with Crippen molar-refractivity contribution in [2.75, 3.05) is 12.3 Å². The molecule has 1 heterocycles. The molecule has 0 bridgehead atoms. The zero-order chi connectivity index (χ0) is 11.5. The molecule has 0 aliphatic heterocycles. The van der Waals surface area contributed by atoms with Gasteiger partial charge in [0.25, 0.3) is 5.91 Å². The van der Waals surface area contributed by atoms with Crippen molar-refractivity contribution >= 4 is 40.0 Å². The van der Waals surface area contributed by atoms with Crippen LogP contribution in [0, 0.1) is 5.82 Å². The van der Waals surface area contributed by atoms with Crippen LogP contribution in [0.1, 0.15) is 10.4 Å². The highest BCUT2D eigenvalue weighted by atomic mass is 32.1. The van der Waals surface area contributed by atoms with Gasteiger partial charge in [-0.05, 0) is 23.6 Å². The normalized spacial score (nSPS) is 10.6. The Balaban J connectivity index is 2.41. The summed E-state index contributed by atoms with van der Waals surface area (Å²) in [5.41, 5.74) is 0.521. The number of hydrogen-bond acceptors (Lipinski definition) is 3. The van der Waals surface area contributed by atoms with E-state index < -0.39 is 0 Å². The van der Waals surface area contributed by atoms with Gasteiger partial charge in [-0.25, -0.2) is 4.39 Å². The molecule has 16 heavy (non-hydrogen) atoms. The van der Waals surface area contributed by atoms with Gasteiger partial charge in [0.15, 0.2) is 0 Å². The van der Waals surface area contributed by atoms with Gasteiger partial charge in [-0.1, -0.05) is 0 Å². The summed E-state index contributed by atoms with van der Waals surface area (Å²) >= 11 is 5.38. The molecule has 84 valence electrons. The van der Waals surface area contributed by atoms with Crippen LogP contribution in [0.5, 0.6) is 0 Å². The third-order valence-electron chi connectivity index (χ3n) is 2.21. The Bertz CT molecular complexity index is 524. The predicted molar refractivity (Wildman–Crippen MR) is 68.0 cm³/mol. The minimum atomic E-state index is -0.290. The molecule has 0 atom stereocenters. The average molecular weight is 255 g/mol. The van der Waals surface area contributed by atoms with Gasteiger partial charge in [-0.3, -0.25) is 4.79 Å². The van der Waals surface area contributed by atoms with Crippen molar-refractivity contribution in [3.8, 4) is 0 Å². The molecule has 1 aromatic heterocycles. The van der Waals surface area contributed by atoms with Crippen molar-refractivity contribution in [3.63, 3.8) is 0 Å². The Hall–Kier alpha value is -1.07. The Labute approximate surface area is 102 Å². The SMILES string of the molecule is O=C(NCCS)c1ccc(F)c2ccsc12. The third-order valence-corrected chi connectivity index (χ3v) is 3.38. The lowest BCUT2D eigenvalue weighted by molar-refractivity contribution is 0.0958. The zero-order valence-corrected chi connectivity index (χ0v) is 10.1. The second-order valence-electron chi connectivity index (χ2n) is 3.24. The topological polar surface area (TPSA) is 29.1 Å². The van der Waals surface area contributed by atoms with Gasteiger partial charge in [0.1, 0.15) is 5.82 Å². The van der Waals surface area contributed by atoms with Gasteiger partial charge in [0, 0.05) is 22.4 Å². The number of thiol groups is 1. The molecule has 0 aliphatic carbocycles. The quantitative estimate of drug-likeness (QED) is 0.811. The molecule has 0 fully saturated rings. The Morgan fingerprint density at radius 3 is 3.00 bits per heavy atom.